The fourth-order valence-electron chi connectivity index (χ4n) is 2.57. The Morgan fingerprint density at radius 3 is 2.77 bits per heavy atom. The fourth-order valence-corrected chi connectivity index (χ4v) is 2.57. The zero-order valence-electron chi connectivity index (χ0n) is 13.7. The molecule has 2 N–H and O–H groups in total. The third-order valence-electron chi connectivity index (χ3n) is 3.98. The average molecular weight is 350 g/mol. The first-order valence-corrected chi connectivity index (χ1v) is 7.80. The molecule has 0 radical (unpaired) electrons. The Kier molecular flexibility index (Phi) is 3.77. The third kappa shape index (κ3) is 2.73. The Hall–Kier alpha value is -3.82. The van der Waals surface area contributed by atoms with Crippen LogP contribution in [0.15, 0.2) is 54.2 Å². The summed E-state index contributed by atoms with van der Waals surface area (Å²) in [5, 5.41) is 9.49. The van der Waals surface area contributed by atoms with E-state index in [-0.39, 0.29) is 17.4 Å². The zero-order valence-corrected chi connectivity index (χ0v) is 13.7. The molecule has 0 saturated heterocycles. The van der Waals surface area contributed by atoms with Crippen LogP contribution in [0.1, 0.15) is 28.9 Å². The van der Waals surface area contributed by atoms with Crippen LogP contribution in [0.5, 0.6) is 0 Å². The Morgan fingerprint density at radius 2 is 2.04 bits per heavy atom. The van der Waals surface area contributed by atoms with Gasteiger partial charge in [0, 0.05) is 6.20 Å². The molecule has 0 bridgehead atoms. The molecule has 0 aliphatic heterocycles. The van der Waals surface area contributed by atoms with Gasteiger partial charge in [0.1, 0.15) is 24.5 Å². The lowest BCUT2D eigenvalue weighted by Gasteiger charge is -2.14. The summed E-state index contributed by atoms with van der Waals surface area (Å²) in [6, 6.07) is 7.21. The van der Waals surface area contributed by atoms with E-state index in [9.17, 15) is 9.59 Å². The fraction of sp³-hybridized carbons (Fsp3) is 0.125. The van der Waals surface area contributed by atoms with Crippen LogP contribution in [0.2, 0.25) is 0 Å². The van der Waals surface area contributed by atoms with E-state index in [2.05, 4.69) is 30.5 Å². The molecule has 1 atom stereocenters. The van der Waals surface area contributed by atoms with Gasteiger partial charge in [-0.05, 0) is 24.6 Å². The van der Waals surface area contributed by atoms with E-state index in [1.165, 1.54) is 18.9 Å². The van der Waals surface area contributed by atoms with E-state index in [0.29, 0.717) is 0 Å². The highest BCUT2D eigenvalue weighted by Crippen LogP contribution is 2.15. The van der Waals surface area contributed by atoms with Gasteiger partial charge in [-0.3, -0.25) is 14.7 Å². The van der Waals surface area contributed by atoms with Crippen molar-refractivity contribution < 1.29 is 4.79 Å². The SMILES string of the molecule is CC(NC(=O)c1cnc2nc[nH]n2c1=O)c1ccc(-n2cncn2)cc1. The van der Waals surface area contributed by atoms with Gasteiger partial charge >= 0.3 is 0 Å². The summed E-state index contributed by atoms with van der Waals surface area (Å²) in [6.07, 6.45) is 5.63. The van der Waals surface area contributed by atoms with Crippen LogP contribution in [0.4, 0.5) is 0 Å². The monoisotopic (exact) mass is 350 g/mol. The molecular formula is C16H14N8O2. The molecule has 10 heteroatoms. The number of aromatic amines is 1. The quantitative estimate of drug-likeness (QED) is 0.552. The van der Waals surface area contributed by atoms with Gasteiger partial charge in [0.15, 0.2) is 0 Å². The van der Waals surface area contributed by atoms with E-state index >= 15 is 0 Å². The van der Waals surface area contributed by atoms with E-state index in [1.54, 1.807) is 11.0 Å². The molecule has 10 nitrogen and oxygen atoms in total. The van der Waals surface area contributed by atoms with Crippen molar-refractivity contribution in [2.24, 2.45) is 0 Å². The Morgan fingerprint density at radius 1 is 1.23 bits per heavy atom. The van der Waals surface area contributed by atoms with Crippen molar-refractivity contribution in [3.63, 3.8) is 0 Å². The number of carbonyl (C=O) groups is 1. The minimum absolute atomic E-state index is 0.0576. The molecule has 4 aromatic rings. The Bertz CT molecular complexity index is 1110. The number of H-pyrrole nitrogens is 1. The van der Waals surface area contributed by atoms with Gasteiger partial charge in [0.05, 0.1) is 11.7 Å². The van der Waals surface area contributed by atoms with E-state index in [1.807, 2.05) is 31.2 Å². The predicted molar refractivity (Wildman–Crippen MR) is 90.8 cm³/mol. The molecule has 26 heavy (non-hydrogen) atoms. The second-order valence-corrected chi connectivity index (χ2v) is 5.63. The van der Waals surface area contributed by atoms with Crippen molar-refractivity contribution in [1.29, 1.82) is 0 Å². The van der Waals surface area contributed by atoms with Crippen molar-refractivity contribution in [2.75, 3.05) is 0 Å². The highest BCUT2D eigenvalue weighted by molar-refractivity contribution is 5.93. The second-order valence-electron chi connectivity index (χ2n) is 5.63. The number of hydrogen-bond donors (Lipinski definition) is 2. The molecule has 0 aliphatic rings. The molecule has 1 amide bonds. The number of carbonyl (C=O) groups excluding carboxylic acids is 1. The van der Waals surface area contributed by atoms with Gasteiger partial charge < -0.3 is 5.32 Å². The first-order valence-electron chi connectivity index (χ1n) is 7.80. The van der Waals surface area contributed by atoms with E-state index in [4.69, 9.17) is 0 Å². The molecule has 0 spiro atoms. The second kappa shape index (κ2) is 6.24. The largest absolute Gasteiger partial charge is 0.345 e. The molecule has 3 heterocycles. The molecule has 0 saturated carbocycles. The average Bonchev–Trinajstić information content (AvgIpc) is 3.34. The highest BCUT2D eigenvalue weighted by atomic mass is 16.2. The summed E-state index contributed by atoms with van der Waals surface area (Å²) in [6.45, 7) is 1.84. The normalized spacial score (nSPS) is 12.2. The van der Waals surface area contributed by atoms with Crippen molar-refractivity contribution in [3.05, 3.63) is 70.9 Å². The number of nitrogens with zero attached hydrogens (tertiary/aromatic N) is 6. The maximum absolute atomic E-state index is 12.4. The molecular weight excluding hydrogens is 336 g/mol. The highest BCUT2D eigenvalue weighted by Gasteiger charge is 2.17. The maximum Gasteiger partial charge on any atom is 0.286 e. The lowest BCUT2D eigenvalue weighted by Crippen LogP contribution is -2.33. The lowest BCUT2D eigenvalue weighted by molar-refractivity contribution is 0.0937. The van der Waals surface area contributed by atoms with Gasteiger partial charge in [-0.1, -0.05) is 12.1 Å². The molecule has 3 aromatic heterocycles. The number of hydrogen-bond acceptors (Lipinski definition) is 6. The summed E-state index contributed by atoms with van der Waals surface area (Å²) >= 11 is 0. The Labute approximate surface area is 146 Å². The zero-order chi connectivity index (χ0) is 18.1. The minimum Gasteiger partial charge on any atom is -0.345 e. The minimum atomic E-state index is -0.501. The standard InChI is InChI=1S/C16H14N8O2/c1-10(11-2-4-12(5-3-11)23-9-17-7-20-23)22-14(25)13-6-18-16-19-8-21-24(16)15(13)26/h2-10H,1H3,(H,22,25)(H,18,19,21). The van der Waals surface area contributed by atoms with Crippen LogP contribution in [-0.4, -0.2) is 40.3 Å². The van der Waals surface area contributed by atoms with Gasteiger partial charge in [0.2, 0.25) is 0 Å². The van der Waals surface area contributed by atoms with Crippen molar-refractivity contribution in [3.8, 4) is 5.69 Å². The van der Waals surface area contributed by atoms with Crippen molar-refractivity contribution in [1.82, 2.24) is 39.7 Å². The summed E-state index contributed by atoms with van der Waals surface area (Å²) in [7, 11) is 0. The molecule has 4 rings (SSSR count). The van der Waals surface area contributed by atoms with Crippen LogP contribution in [0, 0.1) is 0 Å². The van der Waals surface area contributed by atoms with Gasteiger partial charge in [-0.15, -0.1) is 0 Å². The maximum atomic E-state index is 12.4. The van der Waals surface area contributed by atoms with Crippen LogP contribution >= 0.6 is 0 Å². The smallest absolute Gasteiger partial charge is 0.286 e. The third-order valence-corrected chi connectivity index (χ3v) is 3.98. The van der Waals surface area contributed by atoms with Crippen LogP contribution < -0.4 is 10.9 Å². The van der Waals surface area contributed by atoms with Crippen molar-refractivity contribution in [2.45, 2.75) is 13.0 Å². The van der Waals surface area contributed by atoms with Gasteiger partial charge in [-0.2, -0.15) is 9.61 Å². The van der Waals surface area contributed by atoms with E-state index in [0.717, 1.165) is 15.8 Å². The van der Waals surface area contributed by atoms with E-state index < -0.39 is 11.5 Å². The lowest BCUT2D eigenvalue weighted by atomic mass is 10.1. The van der Waals surface area contributed by atoms with Crippen molar-refractivity contribution >= 4 is 11.7 Å². The molecule has 0 aliphatic carbocycles. The number of nitrogens with one attached hydrogen (secondary N) is 2. The van der Waals surface area contributed by atoms with Crippen LogP contribution in [0.3, 0.4) is 0 Å². The summed E-state index contributed by atoms with van der Waals surface area (Å²) in [5.41, 5.74) is 1.19. The molecule has 1 aromatic carbocycles. The number of amides is 1. The van der Waals surface area contributed by atoms with Crippen LogP contribution in [-0.2, 0) is 0 Å². The predicted octanol–water partition coefficient (Wildman–Crippen LogP) is 0.489. The summed E-state index contributed by atoms with van der Waals surface area (Å²) < 4.78 is 2.76. The molecule has 1 unspecified atom stereocenters. The number of aromatic nitrogens is 7. The first kappa shape index (κ1) is 15.7. The molecule has 0 fully saturated rings. The number of benzene rings is 1. The number of fused-ring (bicyclic) bond motifs is 1. The topological polar surface area (TPSA) is 123 Å². The number of rotatable bonds is 4. The first-order chi connectivity index (χ1) is 12.6. The summed E-state index contributed by atoms with van der Waals surface area (Å²) in [4.78, 5) is 36.5. The van der Waals surface area contributed by atoms with Gasteiger partial charge in [-0.25, -0.2) is 19.6 Å². The van der Waals surface area contributed by atoms with Gasteiger partial charge in [0.25, 0.3) is 17.2 Å². The summed E-state index contributed by atoms with van der Waals surface area (Å²) in [5.74, 6) is -0.289. The van der Waals surface area contributed by atoms with Crippen LogP contribution in [0.25, 0.3) is 11.5 Å². The molecule has 130 valence electrons. The Balaban J connectivity index is 1.53.